The van der Waals surface area contributed by atoms with Gasteiger partial charge < -0.3 is 10.3 Å². The summed E-state index contributed by atoms with van der Waals surface area (Å²) in [7, 11) is 0. The van der Waals surface area contributed by atoms with Crippen molar-refractivity contribution < 1.29 is 4.79 Å². The molecule has 1 heterocycles. The molecule has 0 aliphatic heterocycles. The van der Waals surface area contributed by atoms with Gasteiger partial charge in [-0.05, 0) is 18.1 Å². The lowest BCUT2D eigenvalue weighted by molar-refractivity contribution is -0.118. The number of hydrogen-bond acceptors (Lipinski definition) is 2. The van der Waals surface area contributed by atoms with Crippen LogP contribution in [-0.4, -0.2) is 23.4 Å². The van der Waals surface area contributed by atoms with E-state index in [0.29, 0.717) is 19.0 Å². The molecular formula is C15H20N2O. The Morgan fingerprint density at radius 2 is 2.11 bits per heavy atom. The summed E-state index contributed by atoms with van der Waals surface area (Å²) >= 11 is 0. The number of aryl methyl sites for hydroxylation is 1. The van der Waals surface area contributed by atoms with Crippen LogP contribution < -0.4 is 5.32 Å². The molecule has 0 fully saturated rings. The Kier molecular flexibility index (Phi) is 4.15. The van der Waals surface area contributed by atoms with E-state index in [1.165, 1.54) is 10.9 Å². The van der Waals surface area contributed by atoms with Crippen LogP contribution in [0.15, 0.2) is 30.5 Å². The molecule has 2 aromatic rings. The molecule has 1 aromatic carbocycles. The average Bonchev–Trinajstić information content (AvgIpc) is 2.77. The Bertz CT molecular complexity index is 528. The molecule has 0 spiro atoms. The van der Waals surface area contributed by atoms with Crippen molar-refractivity contribution in [3.8, 4) is 0 Å². The van der Waals surface area contributed by atoms with Gasteiger partial charge in [-0.3, -0.25) is 4.79 Å². The number of fused-ring (bicyclic) bond motifs is 1. The lowest BCUT2D eigenvalue weighted by atomic mass is 10.1. The van der Waals surface area contributed by atoms with E-state index in [1.807, 2.05) is 32.2 Å². The summed E-state index contributed by atoms with van der Waals surface area (Å²) < 4.78 is 0. The van der Waals surface area contributed by atoms with Gasteiger partial charge in [0, 0.05) is 29.6 Å². The number of Topliss-reactive ketones (excluding diaryl/α,β-unsaturated/α-hetero) is 1. The molecule has 1 aromatic heterocycles. The molecule has 0 unspecified atom stereocenters. The molecule has 2 rings (SSSR count). The van der Waals surface area contributed by atoms with E-state index in [4.69, 9.17) is 0 Å². The highest BCUT2D eigenvalue weighted by atomic mass is 16.1. The molecule has 0 saturated carbocycles. The Balaban J connectivity index is 1.92. The number of benzene rings is 1. The second kappa shape index (κ2) is 5.83. The van der Waals surface area contributed by atoms with Crippen molar-refractivity contribution >= 4 is 16.7 Å². The van der Waals surface area contributed by atoms with Crippen LogP contribution in [0.25, 0.3) is 10.9 Å². The van der Waals surface area contributed by atoms with E-state index in [9.17, 15) is 4.79 Å². The summed E-state index contributed by atoms with van der Waals surface area (Å²) in [5.41, 5.74) is 2.36. The third kappa shape index (κ3) is 3.20. The van der Waals surface area contributed by atoms with Crippen molar-refractivity contribution in [2.24, 2.45) is 0 Å². The van der Waals surface area contributed by atoms with Gasteiger partial charge in [-0.15, -0.1) is 0 Å². The highest BCUT2D eigenvalue weighted by Gasteiger charge is 2.07. The minimum Gasteiger partial charge on any atom is -0.361 e. The molecule has 0 radical (unpaired) electrons. The largest absolute Gasteiger partial charge is 0.361 e. The topological polar surface area (TPSA) is 44.9 Å². The molecule has 3 nitrogen and oxygen atoms in total. The first-order valence-corrected chi connectivity index (χ1v) is 6.47. The van der Waals surface area contributed by atoms with E-state index in [2.05, 4.69) is 22.4 Å². The first-order valence-electron chi connectivity index (χ1n) is 6.47. The van der Waals surface area contributed by atoms with Gasteiger partial charge in [-0.1, -0.05) is 32.0 Å². The van der Waals surface area contributed by atoms with E-state index < -0.39 is 0 Å². The van der Waals surface area contributed by atoms with Gasteiger partial charge in [0.05, 0.1) is 6.54 Å². The number of aromatic nitrogens is 1. The molecule has 0 atom stereocenters. The van der Waals surface area contributed by atoms with Gasteiger partial charge >= 0.3 is 0 Å². The van der Waals surface area contributed by atoms with E-state index in [-0.39, 0.29) is 5.78 Å². The lowest BCUT2D eigenvalue weighted by Crippen LogP contribution is -2.29. The zero-order valence-electron chi connectivity index (χ0n) is 11.0. The maximum absolute atomic E-state index is 11.7. The molecule has 0 saturated heterocycles. The van der Waals surface area contributed by atoms with Crippen molar-refractivity contribution in [2.45, 2.75) is 32.7 Å². The van der Waals surface area contributed by atoms with Gasteiger partial charge in [-0.2, -0.15) is 0 Å². The molecule has 0 aliphatic rings. The number of para-hydroxylation sites is 1. The number of nitrogens with one attached hydrogen (secondary N) is 2. The fourth-order valence-corrected chi connectivity index (χ4v) is 2.02. The van der Waals surface area contributed by atoms with E-state index >= 15 is 0 Å². The van der Waals surface area contributed by atoms with Crippen molar-refractivity contribution in [1.82, 2.24) is 10.3 Å². The highest BCUT2D eigenvalue weighted by Crippen LogP contribution is 2.18. The molecule has 18 heavy (non-hydrogen) atoms. The standard InChI is InChI=1S/C15H20N2O/c1-11(2)16-10-13(18)8-7-12-9-17-15-6-4-3-5-14(12)15/h3-6,9,11,16-17H,7-8,10H2,1-2H3. The summed E-state index contributed by atoms with van der Waals surface area (Å²) in [6.07, 6.45) is 3.41. The van der Waals surface area contributed by atoms with Crippen LogP contribution in [-0.2, 0) is 11.2 Å². The zero-order valence-corrected chi connectivity index (χ0v) is 11.0. The number of H-pyrrole nitrogens is 1. The van der Waals surface area contributed by atoms with Crippen LogP contribution in [0.2, 0.25) is 0 Å². The Morgan fingerprint density at radius 3 is 2.89 bits per heavy atom. The third-order valence-corrected chi connectivity index (χ3v) is 3.06. The predicted molar refractivity (Wildman–Crippen MR) is 74.8 cm³/mol. The second-order valence-electron chi connectivity index (χ2n) is 4.93. The van der Waals surface area contributed by atoms with Crippen molar-refractivity contribution in [3.63, 3.8) is 0 Å². The van der Waals surface area contributed by atoms with Crippen LogP contribution in [0, 0.1) is 0 Å². The zero-order chi connectivity index (χ0) is 13.0. The summed E-state index contributed by atoms with van der Waals surface area (Å²) in [6.45, 7) is 4.57. The van der Waals surface area contributed by atoms with Crippen molar-refractivity contribution in [3.05, 3.63) is 36.0 Å². The number of ketones is 1. The number of hydrogen-bond donors (Lipinski definition) is 2. The van der Waals surface area contributed by atoms with E-state index in [1.54, 1.807) is 0 Å². The van der Waals surface area contributed by atoms with Gasteiger partial charge in [0.1, 0.15) is 5.78 Å². The van der Waals surface area contributed by atoms with Crippen LogP contribution >= 0.6 is 0 Å². The summed E-state index contributed by atoms with van der Waals surface area (Å²) in [6, 6.07) is 8.56. The average molecular weight is 244 g/mol. The third-order valence-electron chi connectivity index (χ3n) is 3.06. The van der Waals surface area contributed by atoms with Gasteiger partial charge in [0.15, 0.2) is 0 Å². The monoisotopic (exact) mass is 244 g/mol. The van der Waals surface area contributed by atoms with Gasteiger partial charge in [-0.25, -0.2) is 0 Å². The predicted octanol–water partition coefficient (Wildman–Crippen LogP) is 2.67. The fourth-order valence-electron chi connectivity index (χ4n) is 2.02. The normalized spacial score (nSPS) is 11.3. The maximum Gasteiger partial charge on any atom is 0.146 e. The summed E-state index contributed by atoms with van der Waals surface area (Å²) in [4.78, 5) is 14.9. The quantitative estimate of drug-likeness (QED) is 0.820. The first-order chi connectivity index (χ1) is 8.66. The van der Waals surface area contributed by atoms with Gasteiger partial charge in [0.2, 0.25) is 0 Å². The number of aromatic amines is 1. The summed E-state index contributed by atoms with van der Waals surface area (Å²) in [5.74, 6) is 0.272. The van der Waals surface area contributed by atoms with Crippen LogP contribution in [0.5, 0.6) is 0 Å². The lowest BCUT2D eigenvalue weighted by Gasteiger charge is -2.06. The molecule has 2 N–H and O–H groups in total. The maximum atomic E-state index is 11.7. The smallest absolute Gasteiger partial charge is 0.146 e. The van der Waals surface area contributed by atoms with Crippen LogP contribution in [0.4, 0.5) is 0 Å². The molecular weight excluding hydrogens is 224 g/mol. The minimum atomic E-state index is 0.272. The Labute approximate surface area is 108 Å². The van der Waals surface area contributed by atoms with Gasteiger partial charge in [0.25, 0.3) is 0 Å². The number of carbonyl (C=O) groups excluding carboxylic acids is 1. The van der Waals surface area contributed by atoms with Crippen molar-refractivity contribution in [2.75, 3.05) is 6.54 Å². The fraction of sp³-hybridized carbons (Fsp3) is 0.400. The SMILES string of the molecule is CC(C)NCC(=O)CCc1c[nH]c2ccccc12. The molecule has 96 valence electrons. The summed E-state index contributed by atoms with van der Waals surface area (Å²) in [5, 5.41) is 4.38. The minimum absolute atomic E-state index is 0.272. The Morgan fingerprint density at radius 1 is 1.33 bits per heavy atom. The molecule has 0 bridgehead atoms. The van der Waals surface area contributed by atoms with Crippen LogP contribution in [0.3, 0.4) is 0 Å². The second-order valence-corrected chi connectivity index (χ2v) is 4.93. The van der Waals surface area contributed by atoms with Crippen molar-refractivity contribution in [1.29, 1.82) is 0 Å². The number of carbonyl (C=O) groups is 1. The van der Waals surface area contributed by atoms with E-state index in [0.717, 1.165) is 11.9 Å². The van der Waals surface area contributed by atoms with Crippen LogP contribution in [0.1, 0.15) is 25.8 Å². The highest BCUT2D eigenvalue weighted by molar-refractivity contribution is 5.85. The molecule has 0 aliphatic carbocycles. The molecule has 3 heteroatoms. The first kappa shape index (κ1) is 12.8. The Hall–Kier alpha value is -1.61. The molecule has 0 amide bonds. The number of rotatable bonds is 6.